The fourth-order valence-corrected chi connectivity index (χ4v) is 2.42. The second kappa shape index (κ2) is 5.17. The molecule has 1 aromatic rings. The summed E-state index contributed by atoms with van der Waals surface area (Å²) in [5, 5.41) is 3.41. The van der Waals surface area contributed by atoms with Crippen molar-refractivity contribution in [2.45, 2.75) is 25.7 Å². The number of aromatic nitrogens is 1. The van der Waals surface area contributed by atoms with E-state index < -0.39 is 0 Å². The Labute approximate surface area is 97.5 Å². The fraction of sp³-hybridized carbons (Fsp3) is 0.429. The van der Waals surface area contributed by atoms with Gasteiger partial charge in [0.25, 0.3) is 0 Å². The number of hydrogen-bond acceptors (Lipinski definition) is 1. The quantitative estimate of drug-likeness (QED) is 0.747. The second-order valence-corrected chi connectivity index (χ2v) is 4.40. The maximum absolute atomic E-state index is 3.69. The normalized spacial score (nSPS) is 18.1. The lowest BCUT2D eigenvalue weighted by molar-refractivity contribution is 0.459. The molecule has 2 heterocycles. The van der Waals surface area contributed by atoms with Crippen molar-refractivity contribution in [1.82, 2.24) is 10.3 Å². The standard InChI is InChI=1S/C14H20N2/c1-3-4-5-14-11(2)13(10-16-14)12-6-8-15-9-7-12/h3-5,10,12,15-16H,1,6-9H2,2H3/b5-4-. The minimum absolute atomic E-state index is 0.725. The van der Waals surface area contributed by atoms with Crippen molar-refractivity contribution in [2.24, 2.45) is 0 Å². The van der Waals surface area contributed by atoms with E-state index in [1.807, 2.05) is 12.2 Å². The highest BCUT2D eigenvalue weighted by atomic mass is 14.9. The minimum atomic E-state index is 0.725. The molecule has 86 valence electrons. The van der Waals surface area contributed by atoms with Crippen LogP contribution in [0.4, 0.5) is 0 Å². The molecule has 2 N–H and O–H groups in total. The fourth-order valence-electron chi connectivity index (χ4n) is 2.42. The van der Waals surface area contributed by atoms with Gasteiger partial charge in [-0.2, -0.15) is 0 Å². The smallest absolute Gasteiger partial charge is 0.0412 e. The van der Waals surface area contributed by atoms with Crippen LogP contribution in [-0.4, -0.2) is 18.1 Å². The molecule has 1 saturated heterocycles. The predicted molar refractivity (Wildman–Crippen MR) is 69.6 cm³/mol. The van der Waals surface area contributed by atoms with Crippen LogP contribution in [0.1, 0.15) is 35.6 Å². The highest BCUT2D eigenvalue weighted by molar-refractivity contribution is 5.54. The minimum Gasteiger partial charge on any atom is -0.361 e. The summed E-state index contributed by atoms with van der Waals surface area (Å²) < 4.78 is 0. The lowest BCUT2D eigenvalue weighted by Crippen LogP contribution is -2.26. The average Bonchev–Trinajstić information content (AvgIpc) is 2.69. The van der Waals surface area contributed by atoms with E-state index in [0.717, 1.165) is 19.0 Å². The molecule has 1 aliphatic rings. The zero-order chi connectivity index (χ0) is 11.4. The van der Waals surface area contributed by atoms with Crippen molar-refractivity contribution >= 4 is 6.08 Å². The van der Waals surface area contributed by atoms with Crippen LogP contribution in [0, 0.1) is 6.92 Å². The molecule has 0 aliphatic carbocycles. The van der Waals surface area contributed by atoms with Gasteiger partial charge in [0.2, 0.25) is 0 Å². The van der Waals surface area contributed by atoms with Gasteiger partial charge >= 0.3 is 0 Å². The van der Waals surface area contributed by atoms with Crippen LogP contribution in [0.3, 0.4) is 0 Å². The number of rotatable bonds is 3. The first-order valence-electron chi connectivity index (χ1n) is 6.00. The van der Waals surface area contributed by atoms with Crippen LogP contribution < -0.4 is 5.32 Å². The van der Waals surface area contributed by atoms with Gasteiger partial charge in [0.1, 0.15) is 0 Å². The number of hydrogen-bond donors (Lipinski definition) is 2. The molecule has 0 unspecified atom stereocenters. The number of aromatic amines is 1. The van der Waals surface area contributed by atoms with E-state index in [0.29, 0.717) is 0 Å². The summed E-state index contributed by atoms with van der Waals surface area (Å²) in [4.78, 5) is 3.35. The van der Waals surface area contributed by atoms with E-state index in [4.69, 9.17) is 0 Å². The van der Waals surface area contributed by atoms with Gasteiger partial charge in [0.05, 0.1) is 0 Å². The van der Waals surface area contributed by atoms with Crippen LogP contribution in [0.5, 0.6) is 0 Å². The van der Waals surface area contributed by atoms with Crippen LogP contribution >= 0.6 is 0 Å². The number of nitrogens with one attached hydrogen (secondary N) is 2. The highest BCUT2D eigenvalue weighted by Gasteiger charge is 2.18. The molecule has 16 heavy (non-hydrogen) atoms. The van der Waals surface area contributed by atoms with Crippen molar-refractivity contribution in [1.29, 1.82) is 0 Å². The van der Waals surface area contributed by atoms with Crippen LogP contribution in [0.2, 0.25) is 0 Å². The summed E-state index contributed by atoms with van der Waals surface area (Å²) in [7, 11) is 0. The highest BCUT2D eigenvalue weighted by Crippen LogP contribution is 2.29. The SMILES string of the molecule is C=C/C=C\c1[nH]cc(C2CCNCC2)c1C. The van der Waals surface area contributed by atoms with E-state index in [-0.39, 0.29) is 0 Å². The second-order valence-electron chi connectivity index (χ2n) is 4.40. The summed E-state index contributed by atoms with van der Waals surface area (Å²) >= 11 is 0. The van der Waals surface area contributed by atoms with Crippen molar-refractivity contribution in [3.05, 3.63) is 41.7 Å². The van der Waals surface area contributed by atoms with Gasteiger partial charge < -0.3 is 10.3 Å². The summed E-state index contributed by atoms with van der Waals surface area (Å²) in [5.41, 5.74) is 4.10. The molecular weight excluding hydrogens is 196 g/mol. The topological polar surface area (TPSA) is 27.8 Å². The van der Waals surface area contributed by atoms with E-state index in [1.54, 1.807) is 0 Å². The van der Waals surface area contributed by atoms with E-state index >= 15 is 0 Å². The first kappa shape index (κ1) is 11.2. The molecule has 0 radical (unpaired) electrons. The Morgan fingerprint density at radius 2 is 2.12 bits per heavy atom. The van der Waals surface area contributed by atoms with Gasteiger partial charge in [-0.1, -0.05) is 18.7 Å². The summed E-state index contributed by atoms with van der Waals surface area (Å²) in [6.07, 6.45) is 10.6. The summed E-state index contributed by atoms with van der Waals surface area (Å²) in [5.74, 6) is 0.725. The lowest BCUT2D eigenvalue weighted by atomic mass is 9.89. The Balaban J connectivity index is 2.18. The van der Waals surface area contributed by atoms with Gasteiger partial charge in [-0.3, -0.25) is 0 Å². The third-order valence-electron chi connectivity index (χ3n) is 3.40. The van der Waals surface area contributed by atoms with Gasteiger partial charge in [-0.05, 0) is 56.0 Å². The van der Waals surface area contributed by atoms with E-state index in [1.165, 1.54) is 29.7 Å². The molecule has 0 spiro atoms. The number of allylic oxidation sites excluding steroid dienone is 2. The molecule has 1 aliphatic heterocycles. The Bertz CT molecular complexity index is 381. The Hall–Kier alpha value is -1.28. The Morgan fingerprint density at radius 1 is 1.38 bits per heavy atom. The molecule has 2 heteroatoms. The molecule has 1 fully saturated rings. The van der Waals surface area contributed by atoms with Gasteiger partial charge in [-0.15, -0.1) is 0 Å². The molecule has 2 nitrogen and oxygen atoms in total. The van der Waals surface area contributed by atoms with Crippen LogP contribution in [0.25, 0.3) is 6.08 Å². The van der Waals surface area contributed by atoms with Crippen LogP contribution in [0.15, 0.2) is 24.9 Å². The van der Waals surface area contributed by atoms with Gasteiger partial charge in [0, 0.05) is 11.9 Å². The van der Waals surface area contributed by atoms with Crippen molar-refractivity contribution in [3.8, 4) is 0 Å². The molecule has 0 amide bonds. The summed E-state index contributed by atoms with van der Waals surface area (Å²) in [6.45, 7) is 8.19. The molecule has 0 bridgehead atoms. The lowest BCUT2D eigenvalue weighted by Gasteiger charge is -2.22. The largest absolute Gasteiger partial charge is 0.361 e. The maximum Gasteiger partial charge on any atom is 0.0412 e. The third-order valence-corrected chi connectivity index (χ3v) is 3.40. The molecule has 0 aromatic carbocycles. The molecule has 0 saturated carbocycles. The summed E-state index contributed by atoms with van der Waals surface area (Å²) in [6, 6.07) is 0. The van der Waals surface area contributed by atoms with Gasteiger partial charge in [0.15, 0.2) is 0 Å². The molecular formula is C14H20N2. The monoisotopic (exact) mass is 216 g/mol. The maximum atomic E-state index is 3.69. The van der Waals surface area contributed by atoms with E-state index in [2.05, 4.69) is 36.1 Å². The van der Waals surface area contributed by atoms with Crippen molar-refractivity contribution < 1.29 is 0 Å². The zero-order valence-corrected chi connectivity index (χ0v) is 9.92. The third kappa shape index (κ3) is 2.27. The molecule has 1 aromatic heterocycles. The first-order valence-corrected chi connectivity index (χ1v) is 6.00. The van der Waals surface area contributed by atoms with Crippen molar-refractivity contribution in [2.75, 3.05) is 13.1 Å². The van der Waals surface area contributed by atoms with Gasteiger partial charge in [-0.25, -0.2) is 0 Å². The number of piperidine rings is 1. The molecule has 0 atom stereocenters. The van der Waals surface area contributed by atoms with Crippen molar-refractivity contribution in [3.63, 3.8) is 0 Å². The predicted octanol–water partition coefficient (Wildman–Crippen LogP) is 2.99. The average molecular weight is 216 g/mol. The number of H-pyrrole nitrogens is 1. The van der Waals surface area contributed by atoms with E-state index in [9.17, 15) is 0 Å². The van der Waals surface area contributed by atoms with Crippen LogP contribution in [-0.2, 0) is 0 Å². The Morgan fingerprint density at radius 3 is 2.81 bits per heavy atom. The zero-order valence-electron chi connectivity index (χ0n) is 9.92. The Kier molecular flexibility index (Phi) is 3.62. The molecule has 2 rings (SSSR count). The first-order chi connectivity index (χ1) is 7.83.